The molecule has 23 heavy (non-hydrogen) atoms. The zero-order valence-electron chi connectivity index (χ0n) is 13.6. The Morgan fingerprint density at radius 1 is 1.26 bits per heavy atom. The number of hydrogen-bond acceptors (Lipinski definition) is 5. The van der Waals surface area contributed by atoms with Gasteiger partial charge in [0.15, 0.2) is 0 Å². The van der Waals surface area contributed by atoms with E-state index in [1.54, 1.807) is 12.5 Å². The van der Waals surface area contributed by atoms with Gasteiger partial charge in [-0.3, -0.25) is 9.36 Å². The Hall–Kier alpha value is -2.24. The fourth-order valence-electron chi connectivity index (χ4n) is 3.31. The number of carbonyl (C=O) groups is 1. The van der Waals surface area contributed by atoms with Crippen LogP contribution in [0.5, 0.6) is 0 Å². The number of nitrogens with zero attached hydrogens (tertiary/aromatic N) is 4. The Kier molecular flexibility index (Phi) is 4.69. The van der Waals surface area contributed by atoms with Crippen LogP contribution in [0.2, 0.25) is 0 Å². The minimum absolute atomic E-state index is 0.0663. The molecule has 0 N–H and O–H groups in total. The summed E-state index contributed by atoms with van der Waals surface area (Å²) in [5.74, 6) is 2.35. The van der Waals surface area contributed by atoms with Crippen LogP contribution in [0.4, 0.5) is 0 Å². The second kappa shape index (κ2) is 6.89. The van der Waals surface area contributed by atoms with Gasteiger partial charge < -0.3 is 4.74 Å². The van der Waals surface area contributed by atoms with E-state index in [2.05, 4.69) is 15.0 Å². The van der Waals surface area contributed by atoms with Crippen LogP contribution >= 0.6 is 0 Å². The van der Waals surface area contributed by atoms with Gasteiger partial charge in [-0.1, -0.05) is 0 Å². The lowest BCUT2D eigenvalue weighted by atomic mass is 9.80. The van der Waals surface area contributed by atoms with E-state index in [1.165, 1.54) is 7.11 Å². The lowest BCUT2D eigenvalue weighted by molar-refractivity contribution is -0.146. The van der Waals surface area contributed by atoms with Gasteiger partial charge in [-0.15, -0.1) is 0 Å². The molecule has 1 aliphatic rings. The normalized spacial score (nSPS) is 21.1. The van der Waals surface area contributed by atoms with E-state index in [9.17, 15) is 4.79 Å². The Balaban J connectivity index is 1.63. The molecule has 2 aromatic rings. The molecule has 0 unspecified atom stereocenters. The molecule has 1 saturated carbocycles. The van der Waals surface area contributed by atoms with E-state index >= 15 is 0 Å². The van der Waals surface area contributed by atoms with Gasteiger partial charge in [0.25, 0.3) is 0 Å². The monoisotopic (exact) mass is 314 g/mol. The third-order valence-electron chi connectivity index (χ3n) is 4.66. The minimum atomic E-state index is -0.0663. The van der Waals surface area contributed by atoms with Crippen molar-refractivity contribution in [2.75, 3.05) is 7.11 Å². The zero-order valence-corrected chi connectivity index (χ0v) is 13.6. The van der Waals surface area contributed by atoms with Gasteiger partial charge in [-0.25, -0.2) is 15.0 Å². The molecule has 1 aliphatic carbocycles. The number of carbonyl (C=O) groups excluding carboxylic acids is 1. The van der Waals surface area contributed by atoms with Crippen LogP contribution in [0.3, 0.4) is 0 Å². The molecule has 3 rings (SSSR count). The number of hydrogen-bond donors (Lipinski definition) is 0. The number of methoxy groups -OCH3 is 1. The smallest absolute Gasteiger partial charge is 0.308 e. The van der Waals surface area contributed by atoms with Crippen LogP contribution in [0.1, 0.15) is 37.2 Å². The van der Waals surface area contributed by atoms with Crippen molar-refractivity contribution in [3.8, 4) is 5.82 Å². The summed E-state index contributed by atoms with van der Waals surface area (Å²) in [7, 11) is 1.47. The van der Waals surface area contributed by atoms with E-state index in [4.69, 9.17) is 4.74 Å². The molecule has 2 aromatic heterocycles. The van der Waals surface area contributed by atoms with Gasteiger partial charge in [0.2, 0.25) is 0 Å². The summed E-state index contributed by atoms with van der Waals surface area (Å²) in [6.07, 6.45) is 10.1. The number of imidazole rings is 1. The summed E-state index contributed by atoms with van der Waals surface area (Å²) in [5.41, 5.74) is 1.05. The average Bonchev–Trinajstić information content (AvgIpc) is 3.01. The molecular weight excluding hydrogens is 292 g/mol. The highest BCUT2D eigenvalue weighted by Crippen LogP contribution is 2.31. The van der Waals surface area contributed by atoms with E-state index in [-0.39, 0.29) is 11.9 Å². The first-order valence-corrected chi connectivity index (χ1v) is 8.06. The fraction of sp³-hybridized carbons (Fsp3) is 0.529. The molecule has 0 atom stereocenters. The van der Waals surface area contributed by atoms with Gasteiger partial charge in [0, 0.05) is 24.2 Å². The van der Waals surface area contributed by atoms with E-state index in [0.29, 0.717) is 5.92 Å². The lowest BCUT2D eigenvalue weighted by Gasteiger charge is -2.26. The molecule has 6 heteroatoms. The molecular formula is C17H22N4O2. The summed E-state index contributed by atoms with van der Waals surface area (Å²) >= 11 is 0. The van der Waals surface area contributed by atoms with Crippen molar-refractivity contribution < 1.29 is 9.53 Å². The van der Waals surface area contributed by atoms with E-state index < -0.39 is 0 Å². The second-order valence-electron chi connectivity index (χ2n) is 6.16. The van der Waals surface area contributed by atoms with Gasteiger partial charge in [-0.2, -0.15) is 0 Å². The Bertz CT molecular complexity index is 675. The molecule has 0 amide bonds. The SMILES string of the molecule is COC(=O)C1CCC(Cc2cc(-n3ccnc3C)ncn2)CC1. The van der Waals surface area contributed by atoms with Crippen LogP contribution < -0.4 is 0 Å². The van der Waals surface area contributed by atoms with Crippen molar-refractivity contribution in [1.29, 1.82) is 0 Å². The lowest BCUT2D eigenvalue weighted by Crippen LogP contribution is -2.24. The molecule has 122 valence electrons. The maximum atomic E-state index is 11.6. The fourth-order valence-corrected chi connectivity index (χ4v) is 3.31. The van der Waals surface area contributed by atoms with Gasteiger partial charge in [0.1, 0.15) is 18.0 Å². The highest BCUT2D eigenvalue weighted by Gasteiger charge is 2.27. The van der Waals surface area contributed by atoms with Crippen LogP contribution in [0, 0.1) is 18.8 Å². The minimum Gasteiger partial charge on any atom is -0.469 e. The number of aryl methyl sites for hydroxylation is 1. The maximum absolute atomic E-state index is 11.6. The first kappa shape index (κ1) is 15.6. The number of rotatable bonds is 4. The van der Waals surface area contributed by atoms with Crippen molar-refractivity contribution >= 4 is 5.97 Å². The molecule has 0 radical (unpaired) electrons. The van der Waals surface area contributed by atoms with Crippen molar-refractivity contribution in [3.05, 3.63) is 36.3 Å². The molecule has 0 spiro atoms. The summed E-state index contributed by atoms with van der Waals surface area (Å²) in [6.45, 7) is 1.95. The largest absolute Gasteiger partial charge is 0.469 e. The number of aromatic nitrogens is 4. The van der Waals surface area contributed by atoms with Gasteiger partial charge in [0.05, 0.1) is 13.0 Å². The molecule has 0 aromatic carbocycles. The van der Waals surface area contributed by atoms with Crippen molar-refractivity contribution in [2.24, 2.45) is 11.8 Å². The highest BCUT2D eigenvalue weighted by molar-refractivity contribution is 5.72. The highest BCUT2D eigenvalue weighted by atomic mass is 16.5. The first-order chi connectivity index (χ1) is 11.2. The predicted octanol–water partition coefficient (Wildman–Crippen LogP) is 2.49. The summed E-state index contributed by atoms with van der Waals surface area (Å²) in [6, 6.07) is 2.03. The molecule has 0 bridgehead atoms. The molecule has 6 nitrogen and oxygen atoms in total. The molecule has 0 saturated heterocycles. The molecule has 1 fully saturated rings. The third-order valence-corrected chi connectivity index (χ3v) is 4.66. The van der Waals surface area contributed by atoms with Crippen LogP contribution in [0.25, 0.3) is 5.82 Å². The topological polar surface area (TPSA) is 69.9 Å². The Labute approximate surface area is 135 Å². The van der Waals surface area contributed by atoms with Gasteiger partial charge >= 0.3 is 5.97 Å². The summed E-state index contributed by atoms with van der Waals surface area (Å²) < 4.78 is 6.80. The number of esters is 1. The third kappa shape index (κ3) is 3.57. The van der Waals surface area contributed by atoms with Crippen molar-refractivity contribution in [1.82, 2.24) is 19.5 Å². The Morgan fingerprint density at radius 2 is 2.04 bits per heavy atom. The molecule has 2 heterocycles. The van der Waals surface area contributed by atoms with Gasteiger partial charge in [-0.05, 0) is 44.9 Å². The van der Waals surface area contributed by atoms with Crippen LogP contribution in [0.15, 0.2) is 24.8 Å². The molecule has 0 aliphatic heterocycles. The van der Waals surface area contributed by atoms with E-state index in [1.807, 2.05) is 23.8 Å². The maximum Gasteiger partial charge on any atom is 0.308 e. The summed E-state index contributed by atoms with van der Waals surface area (Å²) in [5, 5.41) is 0. The van der Waals surface area contributed by atoms with Crippen molar-refractivity contribution in [2.45, 2.75) is 39.0 Å². The first-order valence-electron chi connectivity index (χ1n) is 8.06. The quantitative estimate of drug-likeness (QED) is 0.811. The second-order valence-corrected chi connectivity index (χ2v) is 6.16. The average molecular weight is 314 g/mol. The van der Waals surface area contributed by atoms with Crippen molar-refractivity contribution in [3.63, 3.8) is 0 Å². The standard InChI is InChI=1S/C17H22N4O2/c1-12-18-7-8-21(12)16-10-15(19-11-20-16)9-13-3-5-14(6-4-13)17(22)23-2/h7-8,10-11,13-14H,3-6,9H2,1-2H3. The van der Waals surface area contributed by atoms with E-state index in [0.717, 1.165) is 49.4 Å². The predicted molar refractivity (Wildman–Crippen MR) is 85.1 cm³/mol. The Morgan fingerprint density at radius 3 is 2.70 bits per heavy atom. The van der Waals surface area contributed by atoms with Crippen LogP contribution in [-0.4, -0.2) is 32.6 Å². The summed E-state index contributed by atoms with van der Waals surface area (Å²) in [4.78, 5) is 24.6. The van der Waals surface area contributed by atoms with Crippen LogP contribution in [-0.2, 0) is 16.0 Å². The number of ether oxygens (including phenoxy) is 1. The zero-order chi connectivity index (χ0) is 16.2.